The minimum absolute atomic E-state index is 0.0173. The maximum absolute atomic E-state index is 14.4. The van der Waals surface area contributed by atoms with E-state index in [1.54, 1.807) is 27.0 Å². The van der Waals surface area contributed by atoms with Crippen molar-refractivity contribution in [3.05, 3.63) is 71.2 Å². The quantitative estimate of drug-likeness (QED) is 0.323. The number of nitrogens with zero attached hydrogens (tertiary/aromatic N) is 3. The van der Waals surface area contributed by atoms with Gasteiger partial charge in [-0.25, -0.2) is 14.3 Å². The van der Waals surface area contributed by atoms with E-state index in [1.807, 2.05) is 54.6 Å². The SMILES string of the molecule is COc1c(-c2cccc3ccccc23)cnn([C@@H]2C[C@H]3C(=O)N[C@]4(C(=O)O)C[C@H]4C=CCCCCC[C@H](NC(=O)OC(C)(C)C)C(=O)N3C2)c1=O. The molecule has 6 rings (SSSR count). The fourth-order valence-corrected chi connectivity index (χ4v) is 7.26. The molecule has 3 heterocycles. The smallest absolute Gasteiger partial charge is 0.408 e. The van der Waals surface area contributed by atoms with Crippen LogP contribution in [0.4, 0.5) is 4.79 Å². The Balaban J connectivity index is 1.37. The van der Waals surface area contributed by atoms with Gasteiger partial charge < -0.3 is 30.1 Å². The van der Waals surface area contributed by atoms with Gasteiger partial charge in [-0.1, -0.05) is 67.5 Å². The molecule has 2 aromatic carbocycles. The molecule has 270 valence electrons. The average molecular weight is 700 g/mol. The molecule has 3 amide bonds. The van der Waals surface area contributed by atoms with Gasteiger partial charge in [-0.3, -0.25) is 14.4 Å². The fourth-order valence-electron chi connectivity index (χ4n) is 7.26. The molecule has 0 radical (unpaired) electrons. The Morgan fingerprint density at radius 3 is 2.55 bits per heavy atom. The van der Waals surface area contributed by atoms with Crippen molar-refractivity contribution >= 4 is 34.6 Å². The number of rotatable bonds is 5. The molecule has 0 unspecified atom stereocenters. The summed E-state index contributed by atoms with van der Waals surface area (Å²) in [5.41, 5.74) is -1.58. The Morgan fingerprint density at radius 2 is 1.80 bits per heavy atom. The van der Waals surface area contributed by atoms with E-state index in [2.05, 4.69) is 15.7 Å². The first-order valence-electron chi connectivity index (χ1n) is 17.5. The van der Waals surface area contributed by atoms with Gasteiger partial charge in [-0.05, 0) is 62.8 Å². The molecule has 1 saturated carbocycles. The number of carboxylic acid groups (broad SMARTS) is 1. The molecule has 1 aromatic heterocycles. The molecule has 1 aliphatic carbocycles. The van der Waals surface area contributed by atoms with Gasteiger partial charge in [0.05, 0.1) is 24.9 Å². The first-order chi connectivity index (χ1) is 24.3. The number of allylic oxidation sites excluding steroid dienone is 1. The van der Waals surface area contributed by atoms with Crippen molar-refractivity contribution in [1.82, 2.24) is 25.3 Å². The Hall–Kier alpha value is -5.20. The number of methoxy groups -OCH3 is 1. The van der Waals surface area contributed by atoms with Crippen LogP contribution < -0.4 is 20.9 Å². The molecule has 0 bridgehead atoms. The second-order valence-corrected chi connectivity index (χ2v) is 14.6. The standard InChI is InChI=1S/C38H45N5O8/c1-37(2,3)51-36(49)40-29-18-9-7-5-6-8-15-24-20-38(24,35(47)48)41-32(44)30-19-25(22-42(30)33(29)45)43-34(46)31(50-4)28(21-39-43)27-17-12-14-23-13-10-11-16-26(23)27/h8,10-17,21,24-25,29-30H,5-7,9,18-20,22H2,1-4H3,(H,40,49)(H,41,44)(H,47,48)/t24-,25-,29+,30+,38-/m1/s1. The number of carbonyl (C=O) groups is 4. The van der Waals surface area contributed by atoms with Crippen molar-refractivity contribution in [1.29, 1.82) is 0 Å². The van der Waals surface area contributed by atoms with E-state index in [9.17, 15) is 29.1 Å². The van der Waals surface area contributed by atoms with E-state index in [1.165, 1.54) is 16.7 Å². The lowest BCUT2D eigenvalue weighted by Crippen LogP contribution is -2.56. The van der Waals surface area contributed by atoms with Gasteiger partial charge in [0.1, 0.15) is 23.2 Å². The number of alkyl carbamates (subject to hydrolysis) is 1. The first-order valence-corrected chi connectivity index (χ1v) is 17.5. The van der Waals surface area contributed by atoms with Crippen molar-refractivity contribution in [2.45, 2.75) is 95.0 Å². The Labute approximate surface area is 296 Å². The average Bonchev–Trinajstić information content (AvgIpc) is 3.60. The lowest BCUT2D eigenvalue weighted by Gasteiger charge is -2.30. The van der Waals surface area contributed by atoms with Crippen molar-refractivity contribution in [2.75, 3.05) is 13.7 Å². The highest BCUT2D eigenvalue weighted by Crippen LogP contribution is 2.45. The third-order valence-corrected chi connectivity index (χ3v) is 9.92. The van der Waals surface area contributed by atoms with Crippen LogP contribution in [0.15, 0.2) is 65.6 Å². The minimum atomic E-state index is -1.49. The molecular weight excluding hydrogens is 654 g/mol. The summed E-state index contributed by atoms with van der Waals surface area (Å²) in [7, 11) is 1.41. The number of carbonyl (C=O) groups excluding carboxylic acids is 3. The second kappa shape index (κ2) is 14.2. The Morgan fingerprint density at radius 1 is 1.04 bits per heavy atom. The van der Waals surface area contributed by atoms with Gasteiger partial charge in [0.25, 0.3) is 0 Å². The van der Waals surface area contributed by atoms with Crippen LogP contribution in [-0.2, 0) is 19.1 Å². The number of amides is 3. The van der Waals surface area contributed by atoms with Crippen LogP contribution >= 0.6 is 0 Å². The number of nitrogens with one attached hydrogen (secondary N) is 2. The van der Waals surface area contributed by atoms with Gasteiger partial charge >= 0.3 is 17.6 Å². The minimum Gasteiger partial charge on any atom is -0.491 e. The number of carboxylic acids is 1. The number of hydrogen-bond acceptors (Lipinski definition) is 8. The third kappa shape index (κ3) is 7.33. The molecule has 5 atom stereocenters. The molecule has 13 heteroatoms. The number of fused-ring (bicyclic) bond motifs is 3. The second-order valence-electron chi connectivity index (χ2n) is 14.6. The predicted molar refractivity (Wildman–Crippen MR) is 189 cm³/mol. The topological polar surface area (TPSA) is 169 Å². The molecule has 3 N–H and O–H groups in total. The van der Waals surface area contributed by atoms with E-state index in [0.29, 0.717) is 18.4 Å². The van der Waals surface area contributed by atoms with Crippen LogP contribution in [0.2, 0.25) is 0 Å². The number of aromatic nitrogens is 2. The molecule has 3 aromatic rings. The molecule has 1 saturated heterocycles. The zero-order chi connectivity index (χ0) is 36.5. The predicted octanol–water partition coefficient (Wildman–Crippen LogP) is 4.59. The zero-order valence-corrected chi connectivity index (χ0v) is 29.4. The van der Waals surface area contributed by atoms with Crippen LogP contribution in [0.1, 0.15) is 71.8 Å². The highest BCUT2D eigenvalue weighted by Gasteiger charge is 2.61. The molecular formula is C38H45N5O8. The lowest BCUT2D eigenvalue weighted by atomic mass is 9.99. The molecule has 0 spiro atoms. The van der Waals surface area contributed by atoms with Gasteiger partial charge in [0.15, 0.2) is 5.75 Å². The van der Waals surface area contributed by atoms with Crippen molar-refractivity contribution in [2.24, 2.45) is 5.92 Å². The highest BCUT2D eigenvalue weighted by atomic mass is 16.6. The van der Waals surface area contributed by atoms with Crippen LogP contribution in [-0.4, -0.2) is 80.5 Å². The van der Waals surface area contributed by atoms with Gasteiger partial charge in [0, 0.05) is 18.9 Å². The van der Waals surface area contributed by atoms with E-state index >= 15 is 0 Å². The van der Waals surface area contributed by atoms with Crippen LogP contribution in [0, 0.1) is 5.92 Å². The monoisotopic (exact) mass is 699 g/mol. The molecule has 13 nitrogen and oxygen atoms in total. The van der Waals surface area contributed by atoms with Gasteiger partial charge in [0.2, 0.25) is 11.8 Å². The van der Waals surface area contributed by atoms with E-state index < -0.39 is 58.7 Å². The van der Waals surface area contributed by atoms with Crippen LogP contribution in [0.5, 0.6) is 5.75 Å². The summed E-state index contributed by atoms with van der Waals surface area (Å²) in [4.78, 5) is 69.3. The zero-order valence-electron chi connectivity index (χ0n) is 29.4. The highest BCUT2D eigenvalue weighted by molar-refractivity contribution is 5.98. The summed E-state index contributed by atoms with van der Waals surface area (Å²) < 4.78 is 12.4. The lowest BCUT2D eigenvalue weighted by molar-refractivity contribution is -0.145. The first kappa shape index (κ1) is 35.6. The summed E-state index contributed by atoms with van der Waals surface area (Å²) in [5, 5.41) is 22.1. The fraction of sp³-hybridized carbons (Fsp3) is 0.474. The van der Waals surface area contributed by atoms with Crippen LogP contribution in [0.3, 0.4) is 0 Å². The summed E-state index contributed by atoms with van der Waals surface area (Å²) in [6.45, 7) is 5.07. The van der Waals surface area contributed by atoms with Crippen molar-refractivity contribution < 1.29 is 33.8 Å². The number of aliphatic carboxylic acids is 1. The molecule has 2 aliphatic heterocycles. The van der Waals surface area contributed by atoms with E-state index in [0.717, 1.165) is 35.6 Å². The van der Waals surface area contributed by atoms with E-state index in [4.69, 9.17) is 9.47 Å². The Kier molecular flexibility index (Phi) is 9.92. The summed E-state index contributed by atoms with van der Waals surface area (Å²) >= 11 is 0. The summed E-state index contributed by atoms with van der Waals surface area (Å²) in [5.74, 6) is -2.66. The number of benzene rings is 2. The summed E-state index contributed by atoms with van der Waals surface area (Å²) in [6.07, 6.45) is 7.98. The van der Waals surface area contributed by atoms with E-state index in [-0.39, 0.29) is 31.1 Å². The number of ether oxygens (including phenoxy) is 2. The number of hydrogen-bond donors (Lipinski definition) is 3. The Bertz CT molecular complexity index is 1930. The maximum Gasteiger partial charge on any atom is 0.408 e. The van der Waals surface area contributed by atoms with Crippen molar-refractivity contribution in [3.63, 3.8) is 0 Å². The van der Waals surface area contributed by atoms with Gasteiger partial charge in [-0.2, -0.15) is 5.10 Å². The molecule has 3 aliphatic rings. The van der Waals surface area contributed by atoms with Crippen LogP contribution in [0.25, 0.3) is 21.9 Å². The maximum atomic E-state index is 14.4. The summed E-state index contributed by atoms with van der Waals surface area (Å²) in [6, 6.07) is 10.6. The molecule has 51 heavy (non-hydrogen) atoms. The third-order valence-electron chi connectivity index (χ3n) is 9.92. The largest absolute Gasteiger partial charge is 0.491 e. The normalized spacial score (nSPS) is 25.5. The van der Waals surface area contributed by atoms with Gasteiger partial charge in [-0.15, -0.1) is 0 Å². The molecule has 2 fully saturated rings. The van der Waals surface area contributed by atoms with Crippen molar-refractivity contribution in [3.8, 4) is 16.9 Å².